The Bertz CT molecular complexity index is 582. The highest BCUT2D eigenvalue weighted by Crippen LogP contribution is 2.36. The van der Waals surface area contributed by atoms with Crippen molar-refractivity contribution in [2.24, 2.45) is 10.4 Å². The van der Waals surface area contributed by atoms with E-state index in [0.29, 0.717) is 0 Å². The third-order valence-corrected chi connectivity index (χ3v) is 3.24. The van der Waals surface area contributed by atoms with Gasteiger partial charge in [-0.25, -0.2) is 0 Å². The molecule has 0 spiro atoms. The van der Waals surface area contributed by atoms with Gasteiger partial charge in [0, 0.05) is 11.8 Å². The van der Waals surface area contributed by atoms with Crippen LogP contribution in [0.3, 0.4) is 0 Å². The van der Waals surface area contributed by atoms with Gasteiger partial charge in [-0.1, -0.05) is 63.2 Å². The van der Waals surface area contributed by atoms with Crippen LogP contribution in [0.4, 0.5) is 0 Å². The van der Waals surface area contributed by atoms with Crippen LogP contribution in [0.25, 0.3) is 0 Å². The van der Waals surface area contributed by atoms with Crippen LogP contribution in [-0.2, 0) is 0 Å². The van der Waals surface area contributed by atoms with E-state index in [0.717, 1.165) is 5.56 Å². The second-order valence-electron chi connectivity index (χ2n) is 6.02. The van der Waals surface area contributed by atoms with Crippen molar-refractivity contribution in [2.75, 3.05) is 0 Å². The van der Waals surface area contributed by atoms with Gasteiger partial charge in [0.2, 0.25) is 0 Å². The Morgan fingerprint density at radius 3 is 2.15 bits per heavy atom. The summed E-state index contributed by atoms with van der Waals surface area (Å²) in [6, 6.07) is 17.6. The van der Waals surface area contributed by atoms with Gasteiger partial charge in [-0.3, -0.25) is 4.99 Å². The molecule has 0 bridgehead atoms. The van der Waals surface area contributed by atoms with Crippen molar-refractivity contribution in [1.82, 2.24) is 0 Å². The van der Waals surface area contributed by atoms with Crippen LogP contribution in [0.2, 0.25) is 0 Å². The molecule has 0 fully saturated rings. The van der Waals surface area contributed by atoms with E-state index >= 15 is 0 Å². The Morgan fingerprint density at radius 1 is 0.950 bits per heavy atom. The third-order valence-electron chi connectivity index (χ3n) is 3.24. The van der Waals surface area contributed by atoms with Gasteiger partial charge in [-0.05, 0) is 23.1 Å². The molecule has 1 unspecified atom stereocenters. The van der Waals surface area contributed by atoms with E-state index in [1.807, 2.05) is 36.4 Å². The minimum absolute atomic E-state index is 0.0161. The molecule has 1 N–H and O–H groups in total. The fourth-order valence-electron chi connectivity index (χ4n) is 2.20. The summed E-state index contributed by atoms with van der Waals surface area (Å²) in [7, 11) is 0. The predicted molar refractivity (Wildman–Crippen MR) is 84.3 cm³/mol. The maximum Gasteiger partial charge on any atom is 0.124 e. The molecule has 104 valence electrons. The van der Waals surface area contributed by atoms with Crippen LogP contribution >= 0.6 is 0 Å². The quantitative estimate of drug-likeness (QED) is 0.810. The number of benzene rings is 2. The molecule has 0 amide bonds. The van der Waals surface area contributed by atoms with Crippen LogP contribution in [0.5, 0.6) is 5.75 Å². The second-order valence-corrected chi connectivity index (χ2v) is 6.02. The SMILES string of the molecule is CC(C)(C)C(N=Cc1ccccc1O)c1ccccc1. The summed E-state index contributed by atoms with van der Waals surface area (Å²) in [6.07, 6.45) is 1.76. The number of aliphatic imine (C=N–C) groups is 1. The van der Waals surface area contributed by atoms with Gasteiger partial charge in [0.15, 0.2) is 0 Å². The zero-order valence-corrected chi connectivity index (χ0v) is 12.2. The molecule has 1 atom stereocenters. The first kappa shape index (κ1) is 14.3. The maximum absolute atomic E-state index is 9.81. The smallest absolute Gasteiger partial charge is 0.124 e. The summed E-state index contributed by atoms with van der Waals surface area (Å²) in [5.41, 5.74) is 1.95. The van der Waals surface area contributed by atoms with Crippen LogP contribution < -0.4 is 0 Å². The minimum Gasteiger partial charge on any atom is -0.507 e. The molecule has 20 heavy (non-hydrogen) atoms. The average molecular weight is 267 g/mol. The van der Waals surface area contributed by atoms with Crippen molar-refractivity contribution in [2.45, 2.75) is 26.8 Å². The van der Waals surface area contributed by atoms with E-state index in [1.54, 1.807) is 12.3 Å². The Kier molecular flexibility index (Phi) is 4.23. The molecule has 0 aliphatic rings. The Morgan fingerprint density at radius 2 is 1.55 bits per heavy atom. The van der Waals surface area contributed by atoms with Crippen LogP contribution in [0.15, 0.2) is 59.6 Å². The lowest BCUT2D eigenvalue weighted by Crippen LogP contribution is -2.16. The van der Waals surface area contributed by atoms with Gasteiger partial charge in [0.25, 0.3) is 0 Å². The number of phenolic OH excluding ortho intramolecular Hbond substituents is 1. The van der Waals surface area contributed by atoms with Crippen molar-refractivity contribution in [3.8, 4) is 5.75 Å². The number of hydrogen-bond donors (Lipinski definition) is 1. The first-order valence-electron chi connectivity index (χ1n) is 6.84. The fraction of sp³-hybridized carbons (Fsp3) is 0.278. The van der Waals surface area contributed by atoms with E-state index in [2.05, 4.69) is 32.9 Å². The van der Waals surface area contributed by atoms with E-state index in [-0.39, 0.29) is 17.2 Å². The van der Waals surface area contributed by atoms with Gasteiger partial charge < -0.3 is 5.11 Å². The standard InChI is InChI=1S/C18H21NO/c1-18(2,3)17(14-9-5-4-6-10-14)19-13-15-11-7-8-12-16(15)20/h4-13,17,20H,1-3H3. The largest absolute Gasteiger partial charge is 0.507 e. The summed E-state index contributed by atoms with van der Waals surface area (Å²) in [5.74, 6) is 0.261. The van der Waals surface area contributed by atoms with Gasteiger partial charge in [0.05, 0.1) is 6.04 Å². The number of aromatic hydroxyl groups is 1. The summed E-state index contributed by atoms with van der Waals surface area (Å²) in [6.45, 7) is 6.52. The van der Waals surface area contributed by atoms with E-state index in [4.69, 9.17) is 4.99 Å². The average Bonchev–Trinajstić information content (AvgIpc) is 2.41. The highest BCUT2D eigenvalue weighted by molar-refractivity contribution is 5.83. The van der Waals surface area contributed by atoms with Crippen LogP contribution in [0, 0.1) is 5.41 Å². The predicted octanol–water partition coefficient (Wildman–Crippen LogP) is 4.60. The zero-order valence-electron chi connectivity index (χ0n) is 12.2. The minimum atomic E-state index is 0.0161. The summed E-state index contributed by atoms with van der Waals surface area (Å²) in [4.78, 5) is 4.71. The lowest BCUT2D eigenvalue weighted by Gasteiger charge is -2.27. The highest BCUT2D eigenvalue weighted by atomic mass is 16.3. The summed E-state index contributed by atoms with van der Waals surface area (Å²) in [5, 5.41) is 9.81. The molecule has 0 heterocycles. The van der Waals surface area contributed by atoms with Crippen molar-refractivity contribution in [3.63, 3.8) is 0 Å². The van der Waals surface area contributed by atoms with Crippen LogP contribution in [-0.4, -0.2) is 11.3 Å². The molecule has 2 heteroatoms. The maximum atomic E-state index is 9.81. The molecular formula is C18H21NO. The number of nitrogens with zero attached hydrogens (tertiary/aromatic N) is 1. The van der Waals surface area contributed by atoms with Gasteiger partial charge in [0.1, 0.15) is 5.75 Å². The normalized spacial score (nSPS) is 13.6. The van der Waals surface area contributed by atoms with Crippen LogP contribution in [0.1, 0.15) is 37.9 Å². The molecule has 0 saturated heterocycles. The Hall–Kier alpha value is -2.09. The van der Waals surface area contributed by atoms with Crippen molar-refractivity contribution in [3.05, 3.63) is 65.7 Å². The number of rotatable bonds is 3. The molecule has 0 aliphatic heterocycles. The first-order valence-corrected chi connectivity index (χ1v) is 6.84. The molecule has 2 nitrogen and oxygen atoms in total. The monoisotopic (exact) mass is 267 g/mol. The van der Waals surface area contributed by atoms with E-state index in [1.165, 1.54) is 5.56 Å². The Labute approximate surface area is 120 Å². The molecule has 2 aromatic carbocycles. The molecular weight excluding hydrogens is 246 g/mol. The molecule has 0 radical (unpaired) electrons. The lowest BCUT2D eigenvalue weighted by molar-refractivity contribution is 0.330. The fourth-order valence-corrected chi connectivity index (χ4v) is 2.20. The number of phenols is 1. The van der Waals surface area contributed by atoms with Crippen molar-refractivity contribution >= 4 is 6.21 Å². The first-order chi connectivity index (χ1) is 9.48. The molecule has 2 aromatic rings. The Balaban J connectivity index is 2.33. The third kappa shape index (κ3) is 3.47. The molecule has 0 aliphatic carbocycles. The number of para-hydroxylation sites is 1. The second kappa shape index (κ2) is 5.91. The van der Waals surface area contributed by atoms with E-state index in [9.17, 15) is 5.11 Å². The zero-order chi connectivity index (χ0) is 14.6. The molecule has 0 aromatic heterocycles. The van der Waals surface area contributed by atoms with Crippen molar-refractivity contribution in [1.29, 1.82) is 0 Å². The summed E-state index contributed by atoms with van der Waals surface area (Å²) < 4.78 is 0. The summed E-state index contributed by atoms with van der Waals surface area (Å²) >= 11 is 0. The van der Waals surface area contributed by atoms with Gasteiger partial charge in [-0.2, -0.15) is 0 Å². The number of hydrogen-bond acceptors (Lipinski definition) is 2. The lowest BCUT2D eigenvalue weighted by atomic mass is 9.83. The van der Waals surface area contributed by atoms with Gasteiger partial charge >= 0.3 is 0 Å². The molecule has 2 rings (SSSR count). The van der Waals surface area contributed by atoms with E-state index < -0.39 is 0 Å². The topological polar surface area (TPSA) is 32.6 Å². The highest BCUT2D eigenvalue weighted by Gasteiger charge is 2.25. The molecule has 0 saturated carbocycles. The van der Waals surface area contributed by atoms with Gasteiger partial charge in [-0.15, -0.1) is 0 Å². The van der Waals surface area contributed by atoms with Crippen molar-refractivity contribution < 1.29 is 5.11 Å².